The van der Waals surface area contributed by atoms with Crippen molar-refractivity contribution in [3.8, 4) is 5.69 Å². The molecule has 0 fully saturated rings. The maximum absolute atomic E-state index is 13.2. The lowest BCUT2D eigenvalue weighted by Crippen LogP contribution is -2.22. The number of anilines is 1. The number of aryl methyl sites for hydroxylation is 2. The predicted octanol–water partition coefficient (Wildman–Crippen LogP) is 5.32. The average Bonchev–Trinajstić information content (AvgIpc) is 3.42. The Bertz CT molecular complexity index is 1360. The fourth-order valence-electron chi connectivity index (χ4n) is 3.81. The molecule has 2 heterocycles. The zero-order valence-electron chi connectivity index (χ0n) is 16.4. The number of rotatable bonds is 5. The first-order valence-corrected chi connectivity index (χ1v) is 12.1. The minimum atomic E-state index is -0.186. The third kappa shape index (κ3) is 4.01. The number of thioether (sulfide) groups is 1. The van der Waals surface area contributed by atoms with Crippen molar-refractivity contribution in [2.24, 2.45) is 0 Å². The van der Waals surface area contributed by atoms with Crippen LogP contribution in [-0.4, -0.2) is 21.2 Å². The van der Waals surface area contributed by atoms with E-state index in [1.54, 1.807) is 12.1 Å². The molecule has 1 N–H and O–H groups in total. The summed E-state index contributed by atoms with van der Waals surface area (Å²) in [5.74, 6) is -0.0165. The smallest absolute Gasteiger partial charge is 0.276 e. The number of carbonyl (C=O) groups is 1. The van der Waals surface area contributed by atoms with Crippen molar-refractivity contribution >= 4 is 56.5 Å². The van der Waals surface area contributed by atoms with Crippen LogP contribution in [0.5, 0.6) is 0 Å². The first-order valence-electron chi connectivity index (χ1n) is 9.90. The van der Waals surface area contributed by atoms with Crippen LogP contribution in [0, 0.1) is 0 Å². The molecule has 0 radical (unpaired) electrons. The lowest BCUT2D eigenvalue weighted by atomic mass is 10.1. The molecular weight excluding hydrogens is 450 g/mol. The topological polar surface area (TPSA) is 64.0 Å². The normalized spacial score (nSPS) is 12.8. The number of thiophene rings is 1. The number of benzene rings is 2. The highest BCUT2D eigenvalue weighted by atomic mass is 35.5. The molecule has 8 heteroatoms. The summed E-state index contributed by atoms with van der Waals surface area (Å²) in [6.45, 7) is 0. The van der Waals surface area contributed by atoms with Crippen molar-refractivity contribution in [1.29, 1.82) is 0 Å². The van der Waals surface area contributed by atoms with Gasteiger partial charge in [-0.3, -0.25) is 14.2 Å². The molecule has 1 aliphatic rings. The summed E-state index contributed by atoms with van der Waals surface area (Å²) in [5, 5.41) is 5.69. The van der Waals surface area contributed by atoms with Gasteiger partial charge in [-0.05, 0) is 66.1 Å². The summed E-state index contributed by atoms with van der Waals surface area (Å²) in [6, 6.07) is 15.0. The molecule has 0 saturated heterocycles. The summed E-state index contributed by atoms with van der Waals surface area (Å²) in [5.41, 5.74) is 4.47. The summed E-state index contributed by atoms with van der Waals surface area (Å²) in [7, 11) is 0. The maximum Gasteiger partial charge on any atom is 0.276 e. The minimum absolute atomic E-state index is 0.129. The summed E-state index contributed by atoms with van der Waals surface area (Å²) in [6.07, 6.45) is 3.33. The van der Waals surface area contributed by atoms with Crippen molar-refractivity contribution < 1.29 is 4.79 Å². The van der Waals surface area contributed by atoms with E-state index >= 15 is 0 Å². The lowest BCUT2D eigenvalue weighted by molar-refractivity contribution is -0.113. The average molecular weight is 468 g/mol. The number of nitrogens with one attached hydrogen (secondary N) is 1. The molecule has 156 valence electrons. The number of amides is 1. The summed E-state index contributed by atoms with van der Waals surface area (Å²) in [4.78, 5) is 30.4. The second-order valence-corrected chi connectivity index (χ2v) is 9.56. The molecule has 0 saturated carbocycles. The van der Waals surface area contributed by atoms with Gasteiger partial charge in [0.25, 0.3) is 5.56 Å². The SMILES string of the molecule is O=C(CSc1nc2ccsc2c(=O)n1-c1ccccc1Cl)Nc1ccc2c(c1)CCC2. The Hall–Kier alpha value is -2.61. The predicted molar refractivity (Wildman–Crippen MR) is 128 cm³/mol. The Labute approximate surface area is 192 Å². The second kappa shape index (κ2) is 8.49. The highest BCUT2D eigenvalue weighted by molar-refractivity contribution is 7.99. The minimum Gasteiger partial charge on any atom is -0.325 e. The number of nitrogens with zero attached hydrogens (tertiary/aromatic N) is 2. The molecule has 0 atom stereocenters. The second-order valence-electron chi connectivity index (χ2n) is 7.30. The Morgan fingerprint density at radius 1 is 1.16 bits per heavy atom. The van der Waals surface area contributed by atoms with Gasteiger partial charge in [-0.15, -0.1) is 11.3 Å². The molecule has 0 aliphatic heterocycles. The number of fused-ring (bicyclic) bond motifs is 2. The van der Waals surface area contributed by atoms with E-state index in [9.17, 15) is 9.59 Å². The number of halogens is 1. The first kappa shape index (κ1) is 20.3. The molecule has 0 bridgehead atoms. The van der Waals surface area contributed by atoms with E-state index in [1.807, 2.05) is 29.6 Å². The number of para-hydroxylation sites is 1. The number of carbonyl (C=O) groups excluding carboxylic acids is 1. The Balaban J connectivity index is 1.42. The van der Waals surface area contributed by atoms with Gasteiger partial charge in [0.2, 0.25) is 5.91 Å². The van der Waals surface area contributed by atoms with Crippen molar-refractivity contribution in [2.45, 2.75) is 24.4 Å². The third-order valence-electron chi connectivity index (χ3n) is 5.26. The first-order chi connectivity index (χ1) is 15.1. The zero-order valence-corrected chi connectivity index (χ0v) is 18.8. The van der Waals surface area contributed by atoms with Crippen LogP contribution >= 0.6 is 34.7 Å². The number of hydrogen-bond donors (Lipinski definition) is 1. The molecular formula is C23H18ClN3O2S2. The van der Waals surface area contributed by atoms with Crippen LogP contribution in [0.15, 0.2) is 63.9 Å². The highest BCUT2D eigenvalue weighted by Gasteiger charge is 2.18. The van der Waals surface area contributed by atoms with Crippen molar-refractivity contribution in [2.75, 3.05) is 11.1 Å². The van der Waals surface area contributed by atoms with Gasteiger partial charge in [0, 0.05) is 5.69 Å². The number of aromatic nitrogens is 2. The van der Waals surface area contributed by atoms with Gasteiger partial charge in [0.15, 0.2) is 5.16 Å². The molecule has 2 aromatic heterocycles. The lowest BCUT2D eigenvalue weighted by Gasteiger charge is -2.13. The van der Waals surface area contributed by atoms with Crippen LogP contribution < -0.4 is 10.9 Å². The van der Waals surface area contributed by atoms with Crippen molar-refractivity contribution in [1.82, 2.24) is 9.55 Å². The molecule has 4 aromatic rings. The van der Waals surface area contributed by atoms with Gasteiger partial charge >= 0.3 is 0 Å². The van der Waals surface area contributed by atoms with Gasteiger partial charge in [-0.25, -0.2) is 4.98 Å². The van der Waals surface area contributed by atoms with Gasteiger partial charge in [-0.1, -0.05) is 41.6 Å². The molecule has 2 aromatic carbocycles. The van der Waals surface area contributed by atoms with E-state index in [4.69, 9.17) is 11.6 Å². The molecule has 0 unspecified atom stereocenters. The summed E-state index contributed by atoms with van der Waals surface area (Å²) < 4.78 is 2.06. The van der Waals surface area contributed by atoms with Crippen LogP contribution in [0.1, 0.15) is 17.5 Å². The third-order valence-corrected chi connectivity index (χ3v) is 7.41. The van der Waals surface area contributed by atoms with E-state index in [-0.39, 0.29) is 17.2 Å². The Morgan fingerprint density at radius 3 is 2.87 bits per heavy atom. The van der Waals surface area contributed by atoms with E-state index in [1.165, 1.54) is 45.2 Å². The molecule has 1 amide bonds. The largest absolute Gasteiger partial charge is 0.325 e. The van der Waals surface area contributed by atoms with Gasteiger partial charge in [-0.2, -0.15) is 0 Å². The quantitative estimate of drug-likeness (QED) is 0.318. The van der Waals surface area contributed by atoms with Crippen LogP contribution in [0.3, 0.4) is 0 Å². The standard InChI is InChI=1S/C23H18ClN3O2S2/c24-17-6-1-2-7-19(17)27-22(29)21-18(10-11-30-21)26-23(27)31-13-20(28)25-16-9-8-14-4-3-5-15(14)12-16/h1-2,6-12H,3-5,13H2,(H,25,28). The van der Waals surface area contributed by atoms with Crippen LogP contribution in [0.4, 0.5) is 5.69 Å². The van der Waals surface area contributed by atoms with Crippen LogP contribution in [0.2, 0.25) is 5.02 Å². The maximum atomic E-state index is 13.2. The summed E-state index contributed by atoms with van der Waals surface area (Å²) >= 11 is 8.94. The Kier molecular flexibility index (Phi) is 5.56. The molecule has 0 spiro atoms. The van der Waals surface area contributed by atoms with E-state index in [0.29, 0.717) is 26.1 Å². The van der Waals surface area contributed by atoms with Gasteiger partial charge in [0.1, 0.15) is 4.70 Å². The molecule has 5 nitrogen and oxygen atoms in total. The molecule has 5 rings (SSSR count). The van der Waals surface area contributed by atoms with Crippen LogP contribution in [0.25, 0.3) is 15.9 Å². The van der Waals surface area contributed by atoms with Crippen molar-refractivity contribution in [3.05, 3.63) is 80.4 Å². The fraction of sp³-hybridized carbons (Fsp3) is 0.174. The zero-order chi connectivity index (χ0) is 21.4. The van der Waals surface area contributed by atoms with Crippen LogP contribution in [-0.2, 0) is 17.6 Å². The monoisotopic (exact) mass is 467 g/mol. The van der Waals surface area contributed by atoms with E-state index in [2.05, 4.69) is 22.4 Å². The van der Waals surface area contributed by atoms with Gasteiger partial charge in [0.05, 0.1) is 22.0 Å². The molecule has 31 heavy (non-hydrogen) atoms. The Morgan fingerprint density at radius 2 is 2.00 bits per heavy atom. The number of hydrogen-bond acceptors (Lipinski definition) is 5. The highest BCUT2D eigenvalue weighted by Crippen LogP contribution is 2.28. The fourth-order valence-corrected chi connectivity index (χ4v) is 5.60. The molecule has 1 aliphatic carbocycles. The van der Waals surface area contributed by atoms with Crippen molar-refractivity contribution in [3.63, 3.8) is 0 Å². The van der Waals surface area contributed by atoms with E-state index < -0.39 is 0 Å². The van der Waals surface area contributed by atoms with E-state index in [0.717, 1.165) is 18.5 Å². The van der Waals surface area contributed by atoms with Gasteiger partial charge < -0.3 is 5.32 Å².